The summed E-state index contributed by atoms with van der Waals surface area (Å²) in [5.41, 5.74) is 0.816. The van der Waals surface area contributed by atoms with Gasteiger partial charge in [0.15, 0.2) is 11.4 Å². The fourth-order valence-electron chi connectivity index (χ4n) is 2.00. The molecule has 0 aliphatic rings. The van der Waals surface area contributed by atoms with Crippen molar-refractivity contribution in [3.63, 3.8) is 0 Å². The number of carbonyl (C=O) groups excluding carboxylic acids is 1. The van der Waals surface area contributed by atoms with E-state index < -0.39 is 5.63 Å². The first-order chi connectivity index (χ1) is 10.1. The Labute approximate surface area is 125 Å². The molecule has 0 aliphatic carbocycles. The molecule has 4 nitrogen and oxygen atoms in total. The van der Waals surface area contributed by atoms with Crippen LogP contribution < -0.4 is 5.63 Å². The lowest BCUT2D eigenvalue weighted by Crippen LogP contribution is -2.15. The van der Waals surface area contributed by atoms with Gasteiger partial charge in [-0.1, -0.05) is 41.9 Å². The molecule has 0 aliphatic heterocycles. The number of ketones is 1. The highest BCUT2D eigenvalue weighted by Gasteiger charge is 2.13. The van der Waals surface area contributed by atoms with Gasteiger partial charge in [0.2, 0.25) is 0 Å². The maximum atomic E-state index is 12.1. The van der Waals surface area contributed by atoms with Gasteiger partial charge in [-0.25, -0.2) is 9.78 Å². The van der Waals surface area contributed by atoms with E-state index in [0.29, 0.717) is 21.7 Å². The second kappa shape index (κ2) is 5.50. The summed E-state index contributed by atoms with van der Waals surface area (Å²) in [4.78, 5) is 28.2. The van der Waals surface area contributed by atoms with Gasteiger partial charge in [0.05, 0.1) is 6.42 Å². The fourth-order valence-corrected chi connectivity index (χ4v) is 2.17. The van der Waals surface area contributed by atoms with Crippen LogP contribution in [-0.2, 0) is 6.42 Å². The van der Waals surface area contributed by atoms with E-state index in [0.717, 1.165) is 0 Å². The topological polar surface area (TPSA) is 60.2 Å². The molecule has 0 fully saturated rings. The Morgan fingerprint density at radius 1 is 1.14 bits per heavy atom. The lowest BCUT2D eigenvalue weighted by atomic mass is 10.1. The van der Waals surface area contributed by atoms with E-state index in [-0.39, 0.29) is 17.9 Å². The number of nitrogens with zero attached hydrogens (tertiary/aromatic N) is 1. The molecule has 0 bridgehead atoms. The van der Waals surface area contributed by atoms with Crippen LogP contribution in [0.5, 0.6) is 0 Å². The smallest absolute Gasteiger partial charge is 0.358 e. The van der Waals surface area contributed by atoms with Crippen LogP contribution in [0, 0.1) is 0 Å². The number of fused-ring (bicyclic) bond motifs is 1. The predicted molar refractivity (Wildman–Crippen MR) is 79.8 cm³/mol. The highest BCUT2D eigenvalue weighted by atomic mass is 35.5. The van der Waals surface area contributed by atoms with Crippen molar-refractivity contribution >= 4 is 28.5 Å². The Balaban J connectivity index is 1.99. The van der Waals surface area contributed by atoms with Crippen LogP contribution in [0.1, 0.15) is 16.1 Å². The van der Waals surface area contributed by atoms with Crippen molar-refractivity contribution in [1.29, 1.82) is 0 Å². The molecule has 0 N–H and O–H groups in total. The van der Waals surface area contributed by atoms with Crippen LogP contribution in [0.25, 0.3) is 11.1 Å². The molecule has 0 unspecified atom stereocenters. The zero-order chi connectivity index (χ0) is 14.8. The summed E-state index contributed by atoms with van der Waals surface area (Å²) in [6.07, 6.45) is -0.102. The Bertz CT molecular complexity index is 872. The highest BCUT2D eigenvalue weighted by molar-refractivity contribution is 6.31. The molecule has 0 saturated heterocycles. The molecule has 3 rings (SSSR count). The van der Waals surface area contributed by atoms with Crippen LogP contribution in [-0.4, -0.2) is 10.8 Å². The Morgan fingerprint density at radius 2 is 1.90 bits per heavy atom. The maximum Gasteiger partial charge on any atom is 0.358 e. The molecule has 0 spiro atoms. The minimum absolute atomic E-state index is 0.0821. The summed E-state index contributed by atoms with van der Waals surface area (Å²) >= 11 is 5.89. The Hall–Kier alpha value is -2.46. The number of hydrogen-bond donors (Lipinski definition) is 0. The van der Waals surface area contributed by atoms with E-state index in [9.17, 15) is 9.59 Å². The number of hydrogen-bond acceptors (Lipinski definition) is 4. The van der Waals surface area contributed by atoms with Crippen LogP contribution in [0.4, 0.5) is 0 Å². The van der Waals surface area contributed by atoms with Crippen molar-refractivity contribution in [2.45, 2.75) is 6.42 Å². The van der Waals surface area contributed by atoms with Crippen LogP contribution >= 0.6 is 11.6 Å². The molecule has 0 saturated carbocycles. The number of rotatable bonds is 3. The summed E-state index contributed by atoms with van der Waals surface area (Å²) in [6.45, 7) is 0. The van der Waals surface area contributed by atoms with Gasteiger partial charge in [-0.05, 0) is 18.2 Å². The average Bonchev–Trinajstić information content (AvgIpc) is 2.49. The van der Waals surface area contributed by atoms with Crippen molar-refractivity contribution < 1.29 is 9.21 Å². The van der Waals surface area contributed by atoms with Crippen molar-refractivity contribution in [1.82, 2.24) is 4.98 Å². The highest BCUT2D eigenvalue weighted by Crippen LogP contribution is 2.16. The van der Waals surface area contributed by atoms with E-state index >= 15 is 0 Å². The Morgan fingerprint density at radius 3 is 2.67 bits per heavy atom. The SMILES string of the molecule is O=C(Cc1nc2cc(Cl)ccc2oc1=O)c1ccccc1. The van der Waals surface area contributed by atoms with E-state index in [1.165, 1.54) is 0 Å². The molecule has 3 aromatic rings. The van der Waals surface area contributed by atoms with Gasteiger partial charge in [-0.2, -0.15) is 0 Å². The van der Waals surface area contributed by atoms with Crippen molar-refractivity contribution in [3.8, 4) is 0 Å². The van der Waals surface area contributed by atoms with Gasteiger partial charge >= 0.3 is 5.63 Å². The first kappa shape index (κ1) is 13.5. The number of carbonyl (C=O) groups is 1. The van der Waals surface area contributed by atoms with Gasteiger partial charge in [-0.3, -0.25) is 4.79 Å². The molecular weight excluding hydrogens is 290 g/mol. The van der Waals surface area contributed by atoms with E-state index in [2.05, 4.69) is 4.98 Å². The number of benzene rings is 2. The summed E-state index contributed by atoms with van der Waals surface area (Å²) in [7, 11) is 0. The zero-order valence-corrected chi connectivity index (χ0v) is 11.6. The number of aromatic nitrogens is 1. The lowest BCUT2D eigenvalue weighted by molar-refractivity contribution is 0.0991. The average molecular weight is 300 g/mol. The predicted octanol–water partition coefficient (Wildman–Crippen LogP) is 3.27. The monoisotopic (exact) mass is 299 g/mol. The molecule has 104 valence electrons. The minimum Gasteiger partial charge on any atom is -0.420 e. The summed E-state index contributed by atoms with van der Waals surface area (Å²) in [5, 5.41) is 0.490. The summed E-state index contributed by atoms with van der Waals surface area (Å²) < 4.78 is 5.16. The largest absolute Gasteiger partial charge is 0.420 e. The van der Waals surface area contributed by atoms with Gasteiger partial charge in [-0.15, -0.1) is 0 Å². The third-order valence-corrected chi connectivity index (χ3v) is 3.27. The van der Waals surface area contributed by atoms with E-state index in [1.807, 2.05) is 6.07 Å². The van der Waals surface area contributed by atoms with Gasteiger partial charge in [0, 0.05) is 10.6 Å². The standard InChI is InChI=1S/C16H10ClNO3/c17-11-6-7-15-12(8-11)18-13(16(20)21-15)9-14(19)10-4-2-1-3-5-10/h1-8H,9H2. The maximum absolute atomic E-state index is 12.1. The molecule has 0 radical (unpaired) electrons. The van der Waals surface area contributed by atoms with Crippen LogP contribution in [0.3, 0.4) is 0 Å². The molecule has 0 amide bonds. The van der Waals surface area contributed by atoms with Gasteiger partial charge in [0.25, 0.3) is 0 Å². The zero-order valence-electron chi connectivity index (χ0n) is 10.9. The molecule has 1 aromatic heterocycles. The van der Waals surface area contributed by atoms with Crippen molar-refractivity contribution in [2.75, 3.05) is 0 Å². The molecule has 21 heavy (non-hydrogen) atoms. The number of Topliss-reactive ketones (excluding diaryl/α,β-unsaturated/α-hetero) is 1. The van der Waals surface area contributed by atoms with Gasteiger partial charge in [0.1, 0.15) is 11.2 Å². The third-order valence-electron chi connectivity index (χ3n) is 3.04. The number of halogens is 1. The van der Waals surface area contributed by atoms with Gasteiger partial charge < -0.3 is 4.42 Å². The van der Waals surface area contributed by atoms with Crippen LogP contribution in [0.2, 0.25) is 5.02 Å². The van der Waals surface area contributed by atoms with Crippen molar-refractivity contribution in [3.05, 3.63) is 75.2 Å². The second-order valence-electron chi connectivity index (χ2n) is 4.53. The molecular formula is C16H10ClNO3. The summed E-state index contributed by atoms with van der Waals surface area (Å²) in [5.74, 6) is -0.184. The molecule has 0 atom stereocenters. The van der Waals surface area contributed by atoms with E-state index in [4.69, 9.17) is 16.0 Å². The fraction of sp³-hybridized carbons (Fsp3) is 0.0625. The lowest BCUT2D eigenvalue weighted by Gasteiger charge is -2.02. The van der Waals surface area contributed by atoms with Crippen LogP contribution in [0.15, 0.2) is 57.7 Å². The second-order valence-corrected chi connectivity index (χ2v) is 4.96. The first-order valence-corrected chi connectivity index (χ1v) is 6.69. The third kappa shape index (κ3) is 2.85. The summed E-state index contributed by atoms with van der Waals surface area (Å²) in [6, 6.07) is 13.5. The molecule has 2 aromatic carbocycles. The first-order valence-electron chi connectivity index (χ1n) is 6.31. The van der Waals surface area contributed by atoms with E-state index in [1.54, 1.807) is 42.5 Å². The molecule has 1 heterocycles. The molecule has 5 heteroatoms. The van der Waals surface area contributed by atoms with Crippen molar-refractivity contribution in [2.24, 2.45) is 0 Å². The normalized spacial score (nSPS) is 10.7. The Kier molecular flexibility index (Phi) is 3.54. The minimum atomic E-state index is -0.603. The quantitative estimate of drug-likeness (QED) is 0.696.